The SMILES string of the molecule is CCCO.O=C(c1ccccc1)c1ccccc1O. The zero-order chi connectivity index (χ0) is 14.1. The standard InChI is InChI=1S/C13H10O2.C3H8O/c14-12-9-5-4-8-11(12)13(15)10-6-2-1-3-7-10;1-2-3-4/h1-9,14H;4H,2-3H2,1H3. The number of ketones is 1. The molecule has 3 heteroatoms. The molecule has 2 N–H and O–H groups in total. The van der Waals surface area contributed by atoms with Crippen LogP contribution in [0.15, 0.2) is 54.6 Å². The average Bonchev–Trinajstić information content (AvgIpc) is 2.48. The first-order valence-corrected chi connectivity index (χ1v) is 6.19. The Morgan fingerprint density at radius 1 is 1.00 bits per heavy atom. The van der Waals surface area contributed by atoms with Gasteiger partial charge in [-0.1, -0.05) is 49.4 Å². The molecule has 0 radical (unpaired) electrons. The van der Waals surface area contributed by atoms with Crippen molar-refractivity contribution in [2.45, 2.75) is 13.3 Å². The molecule has 0 atom stereocenters. The predicted molar refractivity (Wildman–Crippen MR) is 75.4 cm³/mol. The van der Waals surface area contributed by atoms with Crippen molar-refractivity contribution in [2.24, 2.45) is 0 Å². The van der Waals surface area contributed by atoms with E-state index in [0.29, 0.717) is 17.7 Å². The first-order chi connectivity index (χ1) is 9.20. The fraction of sp³-hybridized carbons (Fsp3) is 0.188. The fourth-order valence-electron chi connectivity index (χ4n) is 1.41. The summed E-state index contributed by atoms with van der Waals surface area (Å²) in [4.78, 5) is 11.9. The molecule has 0 spiro atoms. The molecule has 0 unspecified atom stereocenters. The van der Waals surface area contributed by atoms with Crippen molar-refractivity contribution in [2.75, 3.05) is 6.61 Å². The van der Waals surface area contributed by atoms with Crippen LogP contribution in [-0.2, 0) is 0 Å². The van der Waals surface area contributed by atoms with Gasteiger partial charge in [0, 0.05) is 12.2 Å². The lowest BCUT2D eigenvalue weighted by Crippen LogP contribution is -2.00. The minimum absolute atomic E-state index is 0.0198. The molecule has 0 aromatic heterocycles. The monoisotopic (exact) mass is 258 g/mol. The third kappa shape index (κ3) is 4.56. The van der Waals surface area contributed by atoms with E-state index in [9.17, 15) is 9.90 Å². The Bertz CT molecular complexity index is 504. The molecule has 0 aliphatic carbocycles. The highest BCUT2D eigenvalue weighted by Crippen LogP contribution is 2.19. The van der Waals surface area contributed by atoms with Gasteiger partial charge in [0.2, 0.25) is 0 Å². The molecule has 19 heavy (non-hydrogen) atoms. The molecule has 0 saturated heterocycles. The molecule has 0 bridgehead atoms. The molecule has 0 amide bonds. The molecule has 0 aliphatic rings. The predicted octanol–water partition coefficient (Wildman–Crippen LogP) is 3.01. The normalized spacial score (nSPS) is 9.37. The van der Waals surface area contributed by atoms with Crippen LogP contribution >= 0.6 is 0 Å². The van der Waals surface area contributed by atoms with Crippen LogP contribution in [0.4, 0.5) is 0 Å². The van der Waals surface area contributed by atoms with Crippen molar-refractivity contribution in [1.29, 1.82) is 0 Å². The largest absolute Gasteiger partial charge is 0.507 e. The lowest BCUT2D eigenvalue weighted by molar-refractivity contribution is 0.103. The quantitative estimate of drug-likeness (QED) is 0.832. The Morgan fingerprint density at radius 3 is 2.05 bits per heavy atom. The molecule has 100 valence electrons. The topological polar surface area (TPSA) is 57.5 Å². The van der Waals surface area contributed by atoms with Crippen LogP contribution in [-0.4, -0.2) is 22.6 Å². The molecule has 2 aromatic rings. The maximum absolute atomic E-state index is 11.9. The summed E-state index contributed by atoms with van der Waals surface area (Å²) < 4.78 is 0. The highest BCUT2D eigenvalue weighted by molar-refractivity contribution is 6.10. The van der Waals surface area contributed by atoms with Crippen molar-refractivity contribution in [3.63, 3.8) is 0 Å². The van der Waals surface area contributed by atoms with E-state index in [4.69, 9.17) is 5.11 Å². The molecular formula is C16H18O3. The van der Waals surface area contributed by atoms with Crippen LogP contribution in [0.2, 0.25) is 0 Å². The summed E-state index contributed by atoms with van der Waals surface area (Å²) in [6.07, 6.45) is 0.875. The number of hydrogen-bond donors (Lipinski definition) is 2. The van der Waals surface area contributed by atoms with E-state index >= 15 is 0 Å². The number of aromatic hydroxyl groups is 1. The fourth-order valence-corrected chi connectivity index (χ4v) is 1.41. The maximum Gasteiger partial charge on any atom is 0.196 e. The average molecular weight is 258 g/mol. The van der Waals surface area contributed by atoms with Crippen LogP contribution < -0.4 is 0 Å². The van der Waals surface area contributed by atoms with Gasteiger partial charge in [-0.15, -0.1) is 0 Å². The molecule has 0 saturated carbocycles. The number of carbonyl (C=O) groups is 1. The third-order valence-electron chi connectivity index (χ3n) is 2.41. The highest BCUT2D eigenvalue weighted by atomic mass is 16.3. The van der Waals surface area contributed by atoms with Crippen molar-refractivity contribution in [1.82, 2.24) is 0 Å². The van der Waals surface area contributed by atoms with Gasteiger partial charge in [0.1, 0.15) is 5.75 Å². The van der Waals surface area contributed by atoms with Crippen molar-refractivity contribution < 1.29 is 15.0 Å². The minimum atomic E-state index is -0.159. The summed E-state index contributed by atoms with van der Waals surface area (Å²) in [6.45, 7) is 2.25. The number of hydrogen-bond acceptors (Lipinski definition) is 3. The number of aliphatic hydroxyl groups is 1. The van der Waals surface area contributed by atoms with Crippen molar-refractivity contribution in [3.05, 3.63) is 65.7 Å². The second-order valence-corrected chi connectivity index (χ2v) is 3.94. The van der Waals surface area contributed by atoms with Crippen LogP contribution in [0.25, 0.3) is 0 Å². The summed E-state index contributed by atoms with van der Waals surface area (Å²) in [5, 5.41) is 17.4. The Hall–Kier alpha value is -2.13. The molecule has 0 heterocycles. The number of para-hydroxylation sites is 1. The Morgan fingerprint density at radius 2 is 1.53 bits per heavy atom. The lowest BCUT2D eigenvalue weighted by atomic mass is 10.0. The zero-order valence-electron chi connectivity index (χ0n) is 10.9. The molecule has 3 nitrogen and oxygen atoms in total. The van der Waals surface area contributed by atoms with E-state index in [2.05, 4.69) is 0 Å². The van der Waals surface area contributed by atoms with Crippen molar-refractivity contribution >= 4 is 5.78 Å². The van der Waals surface area contributed by atoms with Gasteiger partial charge < -0.3 is 10.2 Å². The summed E-state index contributed by atoms with van der Waals surface area (Å²) >= 11 is 0. The van der Waals surface area contributed by atoms with Crippen LogP contribution in [0, 0.1) is 0 Å². The molecule has 0 aliphatic heterocycles. The first kappa shape index (κ1) is 14.9. The Labute approximate surface area is 113 Å². The van der Waals surface area contributed by atoms with Gasteiger partial charge in [0.15, 0.2) is 5.78 Å². The van der Waals surface area contributed by atoms with Crippen molar-refractivity contribution in [3.8, 4) is 5.75 Å². The number of benzene rings is 2. The Kier molecular flexibility index (Phi) is 6.33. The first-order valence-electron chi connectivity index (χ1n) is 6.19. The molecule has 2 rings (SSSR count). The van der Waals surface area contributed by atoms with E-state index in [-0.39, 0.29) is 11.5 Å². The zero-order valence-corrected chi connectivity index (χ0v) is 10.9. The van der Waals surface area contributed by atoms with Gasteiger partial charge >= 0.3 is 0 Å². The second kappa shape index (κ2) is 8.06. The van der Waals surface area contributed by atoms with Gasteiger partial charge in [-0.05, 0) is 18.6 Å². The summed E-state index contributed by atoms with van der Waals surface area (Å²) in [5.74, 6) is -0.139. The van der Waals surface area contributed by atoms with Crippen LogP contribution in [0.3, 0.4) is 0 Å². The van der Waals surface area contributed by atoms with Gasteiger partial charge in [0.05, 0.1) is 5.56 Å². The van der Waals surface area contributed by atoms with E-state index in [1.54, 1.807) is 42.5 Å². The summed E-state index contributed by atoms with van der Waals surface area (Å²) in [7, 11) is 0. The van der Waals surface area contributed by atoms with E-state index in [1.807, 2.05) is 13.0 Å². The third-order valence-corrected chi connectivity index (χ3v) is 2.41. The van der Waals surface area contributed by atoms with E-state index in [1.165, 1.54) is 6.07 Å². The van der Waals surface area contributed by atoms with Gasteiger partial charge in [0.25, 0.3) is 0 Å². The van der Waals surface area contributed by atoms with E-state index < -0.39 is 0 Å². The smallest absolute Gasteiger partial charge is 0.196 e. The lowest BCUT2D eigenvalue weighted by Gasteiger charge is -2.02. The maximum atomic E-state index is 11.9. The second-order valence-electron chi connectivity index (χ2n) is 3.94. The number of aliphatic hydroxyl groups excluding tert-OH is 1. The number of carbonyl (C=O) groups excluding carboxylic acids is 1. The van der Waals surface area contributed by atoms with Gasteiger partial charge in [-0.2, -0.15) is 0 Å². The molecular weight excluding hydrogens is 240 g/mol. The van der Waals surface area contributed by atoms with Gasteiger partial charge in [-0.25, -0.2) is 0 Å². The number of rotatable bonds is 3. The van der Waals surface area contributed by atoms with Crippen LogP contribution in [0.1, 0.15) is 29.3 Å². The highest BCUT2D eigenvalue weighted by Gasteiger charge is 2.11. The number of phenolic OH excluding ortho intramolecular Hbond substituents is 1. The summed E-state index contributed by atoms with van der Waals surface area (Å²) in [5.41, 5.74) is 0.919. The van der Waals surface area contributed by atoms with Crippen LogP contribution in [0.5, 0.6) is 5.75 Å². The van der Waals surface area contributed by atoms with E-state index in [0.717, 1.165) is 6.42 Å². The summed E-state index contributed by atoms with van der Waals surface area (Å²) in [6, 6.07) is 15.5. The number of phenols is 1. The molecule has 0 fully saturated rings. The molecule has 2 aromatic carbocycles. The van der Waals surface area contributed by atoms with Gasteiger partial charge in [-0.3, -0.25) is 4.79 Å². The minimum Gasteiger partial charge on any atom is -0.507 e. The Balaban J connectivity index is 0.000000399.